The summed E-state index contributed by atoms with van der Waals surface area (Å²) in [4.78, 5) is 11.5. The molecule has 0 atom stereocenters. The Morgan fingerprint density at radius 3 is 2.05 bits per heavy atom. The van der Waals surface area contributed by atoms with Crippen LogP contribution in [0.1, 0.15) is 0 Å². The fourth-order valence-electron chi connectivity index (χ4n) is 8.50. The van der Waals surface area contributed by atoms with Gasteiger partial charge in [-0.2, -0.15) is 0 Å². The molecule has 0 aliphatic rings. The Morgan fingerprint density at radius 1 is 0.436 bits per heavy atom. The molecule has 0 saturated heterocycles. The van der Waals surface area contributed by atoms with Crippen molar-refractivity contribution in [2.24, 2.45) is 0 Å². The molecule has 0 aliphatic carbocycles. The van der Waals surface area contributed by atoms with Gasteiger partial charge in [0.05, 0.1) is 16.7 Å². The Balaban J connectivity index is 1.07. The number of benzene rings is 8. The fourth-order valence-corrected chi connectivity index (χ4v) is 9.57. The van der Waals surface area contributed by atoms with Crippen LogP contribution in [0.4, 0.5) is 0 Å². The van der Waals surface area contributed by atoms with E-state index >= 15 is 0 Å². The van der Waals surface area contributed by atoms with E-state index in [2.05, 4.69) is 168 Å². The smallest absolute Gasteiger partial charge is 0.161 e. The molecule has 0 bridgehead atoms. The lowest BCUT2D eigenvalue weighted by Crippen LogP contribution is -1.97. The number of aromatic nitrogens is 3. The Bertz CT molecular complexity index is 3500. The van der Waals surface area contributed by atoms with Crippen molar-refractivity contribution in [3.8, 4) is 39.5 Å². The Hall–Kier alpha value is -7.08. The second-order valence-electron chi connectivity index (χ2n) is 14.1. The third-order valence-electron chi connectivity index (χ3n) is 11.0. The van der Waals surface area contributed by atoms with Crippen LogP contribution >= 0.6 is 11.3 Å². The first-order valence-corrected chi connectivity index (χ1v) is 19.3. The van der Waals surface area contributed by atoms with Crippen LogP contribution in [0.5, 0.6) is 0 Å². The molecule has 0 fully saturated rings. The molecule has 256 valence electrons. The van der Waals surface area contributed by atoms with Gasteiger partial charge in [0, 0.05) is 53.8 Å². The summed E-state index contributed by atoms with van der Waals surface area (Å²) in [6, 6.07) is 62.6. The normalized spacial score (nSPS) is 12.0. The second-order valence-corrected chi connectivity index (χ2v) is 15.2. The van der Waals surface area contributed by atoms with E-state index in [1.807, 2.05) is 12.1 Å². The summed E-state index contributed by atoms with van der Waals surface area (Å²) in [7, 11) is 0. The molecule has 4 heterocycles. The summed E-state index contributed by atoms with van der Waals surface area (Å²) < 4.78 is 9.77. The lowest BCUT2D eigenvalue weighted by Gasteiger charge is -2.12. The minimum absolute atomic E-state index is 0.718. The van der Waals surface area contributed by atoms with Gasteiger partial charge in [0.2, 0.25) is 0 Å². The van der Waals surface area contributed by atoms with Crippen molar-refractivity contribution in [2.75, 3.05) is 0 Å². The highest BCUT2D eigenvalue weighted by atomic mass is 32.1. The van der Waals surface area contributed by atoms with Crippen LogP contribution in [0.2, 0.25) is 0 Å². The minimum atomic E-state index is 0.718. The molecule has 0 amide bonds. The third kappa shape index (κ3) is 4.64. The maximum absolute atomic E-state index is 6.17. The highest BCUT2D eigenvalue weighted by Gasteiger charge is 2.20. The van der Waals surface area contributed by atoms with E-state index in [0.29, 0.717) is 0 Å². The van der Waals surface area contributed by atoms with Gasteiger partial charge in [-0.05, 0) is 76.5 Å². The molecular weight excluding hydrogens is 691 g/mol. The number of rotatable bonds is 4. The predicted molar refractivity (Wildman–Crippen MR) is 230 cm³/mol. The third-order valence-corrected chi connectivity index (χ3v) is 12.1. The van der Waals surface area contributed by atoms with Crippen molar-refractivity contribution in [3.63, 3.8) is 0 Å². The molecule has 0 saturated carbocycles. The van der Waals surface area contributed by atoms with Crippen LogP contribution in [0.25, 0.3) is 114 Å². The van der Waals surface area contributed by atoms with Gasteiger partial charge in [-0.25, -0.2) is 9.97 Å². The quantitative estimate of drug-likeness (QED) is 0.182. The zero-order valence-electron chi connectivity index (χ0n) is 29.4. The molecular formula is C50H29N3OS. The second kappa shape index (κ2) is 11.7. The first-order chi connectivity index (χ1) is 27.2. The first-order valence-electron chi connectivity index (χ1n) is 18.5. The Labute approximate surface area is 319 Å². The van der Waals surface area contributed by atoms with Crippen LogP contribution in [0.15, 0.2) is 180 Å². The number of hydrogen-bond donors (Lipinski definition) is 0. The minimum Gasteiger partial charge on any atom is -0.456 e. The molecule has 0 radical (unpaired) electrons. The van der Waals surface area contributed by atoms with Crippen molar-refractivity contribution in [1.82, 2.24) is 14.5 Å². The van der Waals surface area contributed by atoms with Crippen LogP contribution in [0.3, 0.4) is 0 Å². The van der Waals surface area contributed by atoms with Gasteiger partial charge in [-0.15, -0.1) is 11.3 Å². The van der Waals surface area contributed by atoms with E-state index in [4.69, 9.17) is 14.4 Å². The number of para-hydroxylation sites is 1. The van der Waals surface area contributed by atoms with Crippen molar-refractivity contribution < 1.29 is 4.42 Å². The predicted octanol–water partition coefficient (Wildman–Crippen LogP) is 14.0. The summed E-state index contributed by atoms with van der Waals surface area (Å²) in [5.41, 5.74) is 10.5. The number of fused-ring (bicyclic) bond motifs is 11. The molecule has 0 unspecified atom stereocenters. The maximum Gasteiger partial charge on any atom is 0.161 e. The van der Waals surface area contributed by atoms with E-state index in [0.717, 1.165) is 77.1 Å². The molecule has 12 rings (SSSR count). The molecule has 0 aliphatic heterocycles. The average Bonchev–Trinajstić information content (AvgIpc) is 3.93. The highest BCUT2D eigenvalue weighted by Crippen LogP contribution is 2.42. The van der Waals surface area contributed by atoms with Gasteiger partial charge in [0.15, 0.2) is 5.82 Å². The summed E-state index contributed by atoms with van der Waals surface area (Å²) in [6.07, 6.45) is 0. The lowest BCUT2D eigenvalue weighted by atomic mass is 9.99. The fraction of sp³-hybridized carbons (Fsp3) is 0. The lowest BCUT2D eigenvalue weighted by molar-refractivity contribution is 0.669. The van der Waals surface area contributed by atoms with Gasteiger partial charge < -0.3 is 8.98 Å². The molecule has 8 aromatic carbocycles. The molecule has 55 heavy (non-hydrogen) atoms. The standard InChI is InChI=1S/C50H29N3OS/c1-2-12-31(13-3-1)48-47-38-18-7-9-20-45(38)55-50(47)52-49(51-48)34-14-10-15-35(27-34)53-41-24-22-32(29-40(41)46-36-16-5-4-11-30(36)21-25-42(46)53)33-23-26-44-39(28-33)37-17-6-8-19-43(37)54-44/h1-29H. The molecule has 5 heteroatoms. The molecule has 12 aromatic rings. The maximum atomic E-state index is 6.17. The van der Waals surface area contributed by atoms with Gasteiger partial charge in [0.1, 0.15) is 16.0 Å². The van der Waals surface area contributed by atoms with Gasteiger partial charge in [0.25, 0.3) is 0 Å². The van der Waals surface area contributed by atoms with E-state index in [1.54, 1.807) is 11.3 Å². The zero-order chi connectivity index (χ0) is 36.0. The topological polar surface area (TPSA) is 43.9 Å². The Kier molecular flexibility index (Phi) is 6.47. The Morgan fingerprint density at radius 2 is 1.15 bits per heavy atom. The van der Waals surface area contributed by atoms with Crippen LogP contribution in [0, 0.1) is 0 Å². The van der Waals surface area contributed by atoms with Crippen molar-refractivity contribution in [3.05, 3.63) is 176 Å². The largest absolute Gasteiger partial charge is 0.456 e. The molecule has 4 aromatic heterocycles. The van der Waals surface area contributed by atoms with Crippen molar-refractivity contribution in [1.29, 1.82) is 0 Å². The number of hydrogen-bond acceptors (Lipinski definition) is 4. The monoisotopic (exact) mass is 719 g/mol. The number of furan rings is 1. The number of nitrogens with zero attached hydrogens (tertiary/aromatic N) is 3. The van der Waals surface area contributed by atoms with E-state index < -0.39 is 0 Å². The summed E-state index contributed by atoms with van der Waals surface area (Å²) in [6.45, 7) is 0. The first kappa shape index (κ1) is 30.4. The zero-order valence-corrected chi connectivity index (χ0v) is 30.2. The molecule has 0 spiro atoms. The summed E-state index contributed by atoms with van der Waals surface area (Å²) in [5.74, 6) is 0.718. The molecule has 4 nitrogen and oxygen atoms in total. The molecule has 0 N–H and O–H groups in total. The summed E-state index contributed by atoms with van der Waals surface area (Å²) in [5, 5.41) is 9.47. The van der Waals surface area contributed by atoms with Crippen LogP contribution in [-0.2, 0) is 0 Å². The summed E-state index contributed by atoms with van der Waals surface area (Å²) >= 11 is 1.73. The van der Waals surface area contributed by atoms with E-state index in [1.165, 1.54) is 37.2 Å². The average molecular weight is 720 g/mol. The van der Waals surface area contributed by atoms with Crippen LogP contribution < -0.4 is 0 Å². The van der Waals surface area contributed by atoms with Gasteiger partial charge in [-0.3, -0.25) is 0 Å². The van der Waals surface area contributed by atoms with Gasteiger partial charge >= 0.3 is 0 Å². The van der Waals surface area contributed by atoms with Crippen molar-refractivity contribution in [2.45, 2.75) is 0 Å². The number of thiophene rings is 1. The van der Waals surface area contributed by atoms with E-state index in [-0.39, 0.29) is 0 Å². The van der Waals surface area contributed by atoms with Crippen molar-refractivity contribution >= 4 is 86.2 Å². The SMILES string of the molecule is c1ccc(-c2nc(-c3cccc(-n4c5ccc(-c6ccc7oc8ccccc8c7c6)cc5c5c6ccccc6ccc54)c3)nc3sc4ccccc4c23)cc1. The van der Waals surface area contributed by atoms with Crippen LogP contribution in [-0.4, -0.2) is 14.5 Å². The van der Waals surface area contributed by atoms with Gasteiger partial charge in [-0.1, -0.05) is 121 Å². The van der Waals surface area contributed by atoms with E-state index in [9.17, 15) is 0 Å². The highest BCUT2D eigenvalue weighted by molar-refractivity contribution is 7.25.